The van der Waals surface area contributed by atoms with E-state index in [2.05, 4.69) is 22.2 Å². The van der Waals surface area contributed by atoms with Crippen LogP contribution in [0, 0.1) is 20.8 Å². The molecular formula is C24H28N4O3. The summed E-state index contributed by atoms with van der Waals surface area (Å²) in [7, 11) is 1.70. The predicted octanol–water partition coefficient (Wildman–Crippen LogP) is 3.37. The lowest BCUT2D eigenvalue weighted by atomic mass is 9.79. The van der Waals surface area contributed by atoms with Gasteiger partial charge in [0.15, 0.2) is 5.65 Å². The van der Waals surface area contributed by atoms with Crippen LogP contribution in [0.15, 0.2) is 24.3 Å². The van der Waals surface area contributed by atoms with Gasteiger partial charge in [0.1, 0.15) is 11.3 Å². The van der Waals surface area contributed by atoms with Crippen LogP contribution in [0.25, 0.3) is 5.65 Å². The van der Waals surface area contributed by atoms with Crippen molar-refractivity contribution in [1.82, 2.24) is 19.5 Å². The van der Waals surface area contributed by atoms with Gasteiger partial charge in [-0.05, 0) is 69.4 Å². The number of aromatic nitrogens is 3. The van der Waals surface area contributed by atoms with Crippen LogP contribution in [0.5, 0.6) is 5.75 Å². The van der Waals surface area contributed by atoms with E-state index in [-0.39, 0.29) is 11.5 Å². The van der Waals surface area contributed by atoms with Gasteiger partial charge in [-0.1, -0.05) is 6.07 Å². The summed E-state index contributed by atoms with van der Waals surface area (Å²) in [4.78, 5) is 20.0. The van der Waals surface area contributed by atoms with Gasteiger partial charge in [-0.2, -0.15) is 5.10 Å². The Balaban J connectivity index is 1.42. The third-order valence-electron chi connectivity index (χ3n) is 6.70. The Morgan fingerprint density at radius 3 is 2.68 bits per heavy atom. The second-order valence-corrected chi connectivity index (χ2v) is 8.64. The Bertz CT molecular complexity index is 1180. The van der Waals surface area contributed by atoms with Gasteiger partial charge in [-0.3, -0.25) is 4.79 Å². The van der Waals surface area contributed by atoms with Crippen LogP contribution in [-0.4, -0.2) is 52.2 Å². The minimum atomic E-state index is -0.321. The molecule has 0 unspecified atom stereocenters. The highest BCUT2D eigenvalue weighted by atomic mass is 16.5. The van der Waals surface area contributed by atoms with Crippen LogP contribution in [-0.2, 0) is 16.8 Å². The summed E-state index contributed by atoms with van der Waals surface area (Å²) in [5.41, 5.74) is 6.05. The van der Waals surface area contributed by atoms with E-state index in [4.69, 9.17) is 9.47 Å². The van der Waals surface area contributed by atoms with Crippen molar-refractivity contribution in [3.8, 4) is 5.75 Å². The molecule has 7 nitrogen and oxygen atoms in total. The van der Waals surface area contributed by atoms with Crippen molar-refractivity contribution in [1.29, 1.82) is 0 Å². The zero-order valence-corrected chi connectivity index (χ0v) is 18.6. The van der Waals surface area contributed by atoms with Crippen LogP contribution < -0.4 is 4.74 Å². The van der Waals surface area contributed by atoms with Gasteiger partial charge in [0.2, 0.25) is 0 Å². The molecule has 2 aromatic heterocycles. The zero-order valence-electron chi connectivity index (χ0n) is 18.6. The summed E-state index contributed by atoms with van der Waals surface area (Å²) in [6.45, 7) is 7.80. The van der Waals surface area contributed by atoms with Gasteiger partial charge in [0.25, 0.3) is 5.91 Å². The first-order chi connectivity index (χ1) is 14.9. The average Bonchev–Trinajstić information content (AvgIpc) is 3.10. The van der Waals surface area contributed by atoms with Crippen molar-refractivity contribution in [3.63, 3.8) is 0 Å². The highest BCUT2D eigenvalue weighted by molar-refractivity contribution is 6.01. The van der Waals surface area contributed by atoms with Crippen molar-refractivity contribution in [2.45, 2.75) is 45.6 Å². The first-order valence-electron chi connectivity index (χ1n) is 10.9. The number of rotatable bonds is 2. The standard InChI is InChI=1S/C24H28N4O3/c1-15-13-16(2)28-22(25-15)21(17(3)26-28)23(29)27-10-8-24(9-11-27)20-6-5-19(30-4)14-18(20)7-12-31-24/h5-6,13-14H,7-12H2,1-4H3. The molecular weight excluding hydrogens is 392 g/mol. The van der Waals surface area contributed by atoms with Crippen LogP contribution >= 0.6 is 0 Å². The number of likely N-dealkylation sites (tertiary alicyclic amines) is 1. The quantitative estimate of drug-likeness (QED) is 0.636. The number of ether oxygens (including phenoxy) is 2. The van der Waals surface area contributed by atoms with Crippen LogP contribution in [0.3, 0.4) is 0 Å². The van der Waals surface area contributed by atoms with Crippen molar-refractivity contribution >= 4 is 11.6 Å². The van der Waals surface area contributed by atoms with Crippen LogP contribution in [0.1, 0.15) is 51.4 Å². The first-order valence-corrected chi connectivity index (χ1v) is 10.9. The van der Waals surface area contributed by atoms with Crippen molar-refractivity contribution < 1.29 is 14.3 Å². The minimum absolute atomic E-state index is 0.00520. The molecule has 0 bridgehead atoms. The van der Waals surface area contributed by atoms with Gasteiger partial charge in [-0.15, -0.1) is 0 Å². The van der Waals surface area contributed by atoms with Crippen molar-refractivity contribution in [3.05, 3.63) is 58.0 Å². The molecule has 2 aliphatic rings. The van der Waals surface area contributed by atoms with E-state index in [9.17, 15) is 4.79 Å². The third kappa shape index (κ3) is 3.19. The molecule has 1 saturated heterocycles. The molecule has 0 saturated carbocycles. The molecule has 0 N–H and O–H groups in total. The summed E-state index contributed by atoms with van der Waals surface area (Å²) >= 11 is 0. The first kappa shape index (κ1) is 20.0. The third-order valence-corrected chi connectivity index (χ3v) is 6.70. The van der Waals surface area contributed by atoms with E-state index in [0.29, 0.717) is 30.9 Å². The largest absolute Gasteiger partial charge is 0.497 e. The second-order valence-electron chi connectivity index (χ2n) is 8.64. The lowest BCUT2D eigenvalue weighted by molar-refractivity contribution is -0.0935. The smallest absolute Gasteiger partial charge is 0.259 e. The lowest BCUT2D eigenvalue weighted by Crippen LogP contribution is -2.48. The molecule has 0 atom stereocenters. The van der Waals surface area contributed by atoms with Gasteiger partial charge in [0.05, 0.1) is 25.0 Å². The molecule has 31 heavy (non-hydrogen) atoms. The zero-order chi connectivity index (χ0) is 21.8. The number of carbonyl (C=O) groups is 1. The molecule has 0 radical (unpaired) electrons. The molecule has 0 aliphatic carbocycles. The summed E-state index contributed by atoms with van der Waals surface area (Å²) in [5, 5.41) is 4.57. The maximum Gasteiger partial charge on any atom is 0.259 e. The number of piperidine rings is 1. The molecule has 4 heterocycles. The number of amides is 1. The number of hydrogen-bond donors (Lipinski definition) is 0. The van der Waals surface area contributed by atoms with Crippen molar-refractivity contribution in [2.24, 2.45) is 0 Å². The molecule has 1 aromatic carbocycles. The topological polar surface area (TPSA) is 69.0 Å². The Hall–Kier alpha value is -2.93. The molecule has 7 heteroatoms. The summed E-state index contributed by atoms with van der Waals surface area (Å²) in [6.07, 6.45) is 2.45. The van der Waals surface area contributed by atoms with E-state index in [0.717, 1.165) is 42.1 Å². The lowest BCUT2D eigenvalue weighted by Gasteiger charge is -2.45. The Labute approximate surface area is 182 Å². The molecule has 3 aromatic rings. The molecule has 5 rings (SSSR count). The predicted molar refractivity (Wildman–Crippen MR) is 117 cm³/mol. The second kappa shape index (κ2) is 7.34. The molecule has 162 valence electrons. The fourth-order valence-electron chi connectivity index (χ4n) is 5.10. The molecule has 1 amide bonds. The number of carbonyl (C=O) groups excluding carboxylic acids is 1. The van der Waals surface area contributed by atoms with E-state index in [1.54, 1.807) is 11.6 Å². The van der Waals surface area contributed by atoms with Crippen LogP contribution in [0.2, 0.25) is 0 Å². The average molecular weight is 421 g/mol. The Morgan fingerprint density at radius 1 is 1.16 bits per heavy atom. The SMILES string of the molecule is COc1ccc2c(c1)CCOC21CCN(C(=O)c2c(C)nn3c(C)cc(C)nc23)CC1. The maximum absolute atomic E-state index is 13.5. The molecule has 1 spiro atoms. The maximum atomic E-state index is 13.5. The Morgan fingerprint density at radius 2 is 1.94 bits per heavy atom. The highest BCUT2D eigenvalue weighted by Crippen LogP contribution is 2.42. The van der Waals surface area contributed by atoms with Gasteiger partial charge in [0, 0.05) is 24.5 Å². The summed E-state index contributed by atoms with van der Waals surface area (Å²) < 4.78 is 13.5. The van der Waals surface area contributed by atoms with E-state index in [1.807, 2.05) is 37.8 Å². The van der Waals surface area contributed by atoms with Crippen molar-refractivity contribution in [2.75, 3.05) is 26.8 Å². The molecule has 2 aliphatic heterocycles. The normalized spacial score (nSPS) is 17.7. The monoisotopic (exact) mass is 420 g/mol. The number of hydrogen-bond acceptors (Lipinski definition) is 5. The fourth-order valence-corrected chi connectivity index (χ4v) is 5.10. The van der Waals surface area contributed by atoms with E-state index >= 15 is 0 Å². The van der Waals surface area contributed by atoms with Gasteiger partial charge >= 0.3 is 0 Å². The van der Waals surface area contributed by atoms with Gasteiger partial charge < -0.3 is 14.4 Å². The van der Waals surface area contributed by atoms with E-state index in [1.165, 1.54) is 11.1 Å². The number of nitrogens with zero attached hydrogens (tertiary/aromatic N) is 4. The minimum Gasteiger partial charge on any atom is -0.497 e. The number of fused-ring (bicyclic) bond motifs is 3. The number of benzene rings is 1. The summed E-state index contributed by atoms with van der Waals surface area (Å²) in [6, 6.07) is 8.24. The number of methoxy groups -OCH3 is 1. The number of aryl methyl sites for hydroxylation is 3. The Kier molecular flexibility index (Phi) is 4.73. The summed E-state index contributed by atoms with van der Waals surface area (Å²) in [5.74, 6) is 0.885. The van der Waals surface area contributed by atoms with E-state index < -0.39 is 0 Å². The molecule has 1 fully saturated rings. The van der Waals surface area contributed by atoms with Crippen LogP contribution in [0.4, 0.5) is 0 Å². The van der Waals surface area contributed by atoms with Gasteiger partial charge in [-0.25, -0.2) is 9.50 Å². The fraction of sp³-hybridized carbons (Fsp3) is 0.458. The highest BCUT2D eigenvalue weighted by Gasteiger charge is 2.42.